The van der Waals surface area contributed by atoms with Gasteiger partial charge in [-0.2, -0.15) is 0 Å². The minimum atomic E-state index is -0.0308. The van der Waals surface area contributed by atoms with Gasteiger partial charge < -0.3 is 15.0 Å². The van der Waals surface area contributed by atoms with Gasteiger partial charge in [0.15, 0.2) is 0 Å². The van der Waals surface area contributed by atoms with Crippen molar-refractivity contribution in [3.8, 4) is 0 Å². The first-order chi connectivity index (χ1) is 13.3. The lowest BCUT2D eigenvalue weighted by Gasteiger charge is -2.34. The summed E-state index contributed by atoms with van der Waals surface area (Å²) in [5.74, 6) is 0.642. The number of piperazine rings is 1. The van der Waals surface area contributed by atoms with Gasteiger partial charge in [0.1, 0.15) is 17.8 Å². The van der Waals surface area contributed by atoms with E-state index in [2.05, 4.69) is 44.5 Å². The maximum atomic E-state index is 12.8. The lowest BCUT2D eigenvalue weighted by atomic mass is 10.2. The van der Waals surface area contributed by atoms with E-state index in [0.717, 1.165) is 32.6 Å². The predicted molar refractivity (Wildman–Crippen MR) is 105 cm³/mol. The Morgan fingerprint density at radius 1 is 1.15 bits per heavy atom. The number of hydrogen-bond acceptors (Lipinski definition) is 6. The zero-order chi connectivity index (χ0) is 18.9. The second-order valence-electron chi connectivity index (χ2n) is 6.62. The molecule has 0 spiro atoms. The maximum Gasteiger partial charge on any atom is 0.272 e. The van der Waals surface area contributed by atoms with E-state index in [0.29, 0.717) is 31.2 Å². The van der Waals surface area contributed by atoms with Crippen molar-refractivity contribution in [2.75, 3.05) is 51.8 Å². The van der Waals surface area contributed by atoms with Gasteiger partial charge in [0.25, 0.3) is 5.91 Å². The number of nitrogens with one attached hydrogen (secondary N) is 1. The van der Waals surface area contributed by atoms with Crippen LogP contribution in [0.3, 0.4) is 0 Å². The van der Waals surface area contributed by atoms with Crippen molar-refractivity contribution >= 4 is 11.7 Å². The van der Waals surface area contributed by atoms with E-state index >= 15 is 0 Å². The highest BCUT2D eigenvalue weighted by Gasteiger charge is 2.23. The molecule has 1 aromatic carbocycles. The van der Waals surface area contributed by atoms with Gasteiger partial charge in [-0.1, -0.05) is 30.3 Å². The van der Waals surface area contributed by atoms with Crippen LogP contribution in [0.4, 0.5) is 5.82 Å². The van der Waals surface area contributed by atoms with Crippen LogP contribution < -0.4 is 5.32 Å². The molecule has 27 heavy (non-hydrogen) atoms. The number of benzene rings is 1. The van der Waals surface area contributed by atoms with Gasteiger partial charge >= 0.3 is 0 Å². The molecule has 0 radical (unpaired) electrons. The molecule has 3 rings (SSSR count). The lowest BCUT2D eigenvalue weighted by Crippen LogP contribution is -2.48. The summed E-state index contributed by atoms with van der Waals surface area (Å²) < 4.78 is 5.03. The first-order valence-electron chi connectivity index (χ1n) is 9.36. The monoisotopic (exact) mass is 369 g/mol. The predicted octanol–water partition coefficient (Wildman–Crippen LogP) is 1.88. The molecule has 1 amide bonds. The summed E-state index contributed by atoms with van der Waals surface area (Å²) in [7, 11) is 1.68. The van der Waals surface area contributed by atoms with Crippen molar-refractivity contribution in [1.82, 2.24) is 19.8 Å². The quantitative estimate of drug-likeness (QED) is 0.717. The highest BCUT2D eigenvalue weighted by atomic mass is 16.5. The van der Waals surface area contributed by atoms with E-state index in [1.165, 1.54) is 11.9 Å². The van der Waals surface area contributed by atoms with Crippen LogP contribution >= 0.6 is 0 Å². The zero-order valence-electron chi connectivity index (χ0n) is 15.8. The van der Waals surface area contributed by atoms with E-state index in [-0.39, 0.29) is 5.91 Å². The molecule has 2 heterocycles. The molecule has 7 nitrogen and oxygen atoms in total. The average Bonchev–Trinajstić information content (AvgIpc) is 2.72. The third-order valence-electron chi connectivity index (χ3n) is 4.63. The summed E-state index contributed by atoms with van der Waals surface area (Å²) in [6, 6.07) is 12.2. The van der Waals surface area contributed by atoms with Crippen molar-refractivity contribution in [1.29, 1.82) is 0 Å². The number of ether oxygens (including phenoxy) is 1. The summed E-state index contributed by atoms with van der Waals surface area (Å²) in [4.78, 5) is 25.4. The van der Waals surface area contributed by atoms with Crippen molar-refractivity contribution < 1.29 is 9.53 Å². The molecule has 0 bridgehead atoms. The molecule has 0 atom stereocenters. The minimum Gasteiger partial charge on any atom is -0.385 e. The zero-order valence-corrected chi connectivity index (χ0v) is 15.8. The molecule has 1 aliphatic rings. The molecular formula is C20H27N5O2. The molecule has 7 heteroatoms. The Kier molecular flexibility index (Phi) is 7.12. The molecule has 0 saturated carbocycles. The third-order valence-corrected chi connectivity index (χ3v) is 4.63. The Morgan fingerprint density at radius 3 is 2.67 bits per heavy atom. The van der Waals surface area contributed by atoms with Crippen LogP contribution in [0.2, 0.25) is 0 Å². The molecule has 144 valence electrons. The number of carbonyl (C=O) groups excluding carboxylic acids is 1. The highest BCUT2D eigenvalue weighted by Crippen LogP contribution is 2.12. The number of amides is 1. The summed E-state index contributed by atoms with van der Waals surface area (Å²) in [6.45, 7) is 5.53. The van der Waals surface area contributed by atoms with E-state index < -0.39 is 0 Å². The Hall–Kier alpha value is -2.51. The van der Waals surface area contributed by atoms with E-state index in [4.69, 9.17) is 4.74 Å². The Morgan fingerprint density at radius 2 is 1.93 bits per heavy atom. The van der Waals surface area contributed by atoms with Crippen LogP contribution in [0.1, 0.15) is 22.5 Å². The summed E-state index contributed by atoms with van der Waals surface area (Å²) >= 11 is 0. The highest BCUT2D eigenvalue weighted by molar-refractivity contribution is 5.93. The molecule has 0 unspecified atom stereocenters. The number of aromatic nitrogens is 2. The van der Waals surface area contributed by atoms with E-state index in [1.807, 2.05) is 11.0 Å². The van der Waals surface area contributed by atoms with Gasteiger partial charge in [-0.05, 0) is 12.0 Å². The standard InChI is InChI=1S/C20H27N5O2/c1-27-13-5-8-21-19-14-18(22-16-23-19)20(26)25-11-9-24(10-12-25)15-17-6-3-2-4-7-17/h2-4,6-7,14,16H,5,8-13,15H2,1H3,(H,21,22,23). The fraction of sp³-hybridized carbons (Fsp3) is 0.450. The molecule has 1 aromatic heterocycles. The summed E-state index contributed by atoms with van der Waals surface area (Å²) in [5, 5.41) is 3.20. The molecular weight excluding hydrogens is 342 g/mol. The number of nitrogens with zero attached hydrogens (tertiary/aromatic N) is 4. The molecule has 1 saturated heterocycles. The second kappa shape index (κ2) is 9.99. The SMILES string of the molecule is COCCCNc1cc(C(=O)N2CCN(Cc3ccccc3)CC2)ncn1. The number of hydrogen-bond donors (Lipinski definition) is 1. The normalized spacial score (nSPS) is 14.9. The van der Waals surface area contributed by atoms with Crippen LogP contribution in [0.15, 0.2) is 42.7 Å². The van der Waals surface area contributed by atoms with Crippen LogP contribution in [-0.4, -0.2) is 72.1 Å². The molecule has 0 aliphatic carbocycles. The lowest BCUT2D eigenvalue weighted by molar-refractivity contribution is 0.0622. The van der Waals surface area contributed by atoms with Gasteiger partial charge in [0.2, 0.25) is 0 Å². The molecule has 1 N–H and O–H groups in total. The summed E-state index contributed by atoms with van der Waals surface area (Å²) in [6.07, 6.45) is 2.32. The van der Waals surface area contributed by atoms with Crippen molar-refractivity contribution in [2.45, 2.75) is 13.0 Å². The Labute approximate surface area is 160 Å². The minimum absolute atomic E-state index is 0.0308. The largest absolute Gasteiger partial charge is 0.385 e. The van der Waals surface area contributed by atoms with Gasteiger partial charge in [-0.25, -0.2) is 9.97 Å². The van der Waals surface area contributed by atoms with E-state index in [9.17, 15) is 4.79 Å². The number of anilines is 1. The Balaban J connectivity index is 1.50. The average molecular weight is 369 g/mol. The number of methoxy groups -OCH3 is 1. The summed E-state index contributed by atoms with van der Waals surface area (Å²) in [5.41, 5.74) is 1.74. The van der Waals surface area contributed by atoms with Crippen LogP contribution in [0.25, 0.3) is 0 Å². The molecule has 1 aliphatic heterocycles. The van der Waals surface area contributed by atoms with Crippen LogP contribution in [-0.2, 0) is 11.3 Å². The van der Waals surface area contributed by atoms with Crippen molar-refractivity contribution in [3.63, 3.8) is 0 Å². The topological polar surface area (TPSA) is 70.6 Å². The van der Waals surface area contributed by atoms with E-state index in [1.54, 1.807) is 13.2 Å². The van der Waals surface area contributed by atoms with Crippen LogP contribution in [0.5, 0.6) is 0 Å². The smallest absolute Gasteiger partial charge is 0.272 e. The van der Waals surface area contributed by atoms with Gasteiger partial charge in [0, 0.05) is 59.1 Å². The van der Waals surface area contributed by atoms with Crippen molar-refractivity contribution in [3.05, 3.63) is 54.0 Å². The number of rotatable bonds is 8. The Bertz CT molecular complexity index is 717. The van der Waals surface area contributed by atoms with Crippen molar-refractivity contribution in [2.24, 2.45) is 0 Å². The van der Waals surface area contributed by atoms with Crippen LogP contribution in [0, 0.1) is 0 Å². The third kappa shape index (κ3) is 5.74. The van der Waals surface area contributed by atoms with Gasteiger partial charge in [-0.3, -0.25) is 9.69 Å². The molecule has 1 fully saturated rings. The fourth-order valence-corrected chi connectivity index (χ4v) is 3.12. The first-order valence-corrected chi connectivity index (χ1v) is 9.36. The number of carbonyl (C=O) groups is 1. The fourth-order valence-electron chi connectivity index (χ4n) is 3.12. The molecule has 2 aromatic rings. The second-order valence-corrected chi connectivity index (χ2v) is 6.62. The first kappa shape index (κ1) is 19.3. The maximum absolute atomic E-state index is 12.8. The van der Waals surface area contributed by atoms with Gasteiger partial charge in [-0.15, -0.1) is 0 Å². The van der Waals surface area contributed by atoms with Gasteiger partial charge in [0.05, 0.1) is 0 Å².